The first-order valence-electron chi connectivity index (χ1n) is 8.80. The molecule has 1 atom stereocenters. The highest BCUT2D eigenvalue weighted by Gasteiger charge is 2.18. The Bertz CT molecular complexity index is 1110. The predicted octanol–water partition coefficient (Wildman–Crippen LogP) is 5.22. The molecule has 0 saturated carbocycles. The van der Waals surface area contributed by atoms with Crippen molar-refractivity contribution in [1.29, 1.82) is 0 Å². The number of benzene rings is 2. The van der Waals surface area contributed by atoms with Crippen molar-refractivity contribution in [2.45, 2.75) is 31.9 Å². The van der Waals surface area contributed by atoms with Crippen LogP contribution in [0, 0.1) is 12.7 Å². The summed E-state index contributed by atoms with van der Waals surface area (Å²) >= 11 is 1.43. The lowest BCUT2D eigenvalue weighted by molar-refractivity contribution is 0.0697. The van der Waals surface area contributed by atoms with Gasteiger partial charge in [0.2, 0.25) is 0 Å². The second-order valence-electron chi connectivity index (χ2n) is 6.45. The monoisotopic (exact) mass is 401 g/mol. The van der Waals surface area contributed by atoms with Crippen molar-refractivity contribution in [3.63, 3.8) is 0 Å². The summed E-state index contributed by atoms with van der Waals surface area (Å²) in [5, 5.41) is 13.5. The molecule has 0 saturated heterocycles. The van der Waals surface area contributed by atoms with Crippen LogP contribution >= 0.6 is 11.8 Å². The Morgan fingerprint density at radius 3 is 2.71 bits per heavy atom. The van der Waals surface area contributed by atoms with Gasteiger partial charge in [0.1, 0.15) is 11.4 Å². The molecule has 28 heavy (non-hydrogen) atoms. The highest BCUT2D eigenvalue weighted by Crippen LogP contribution is 2.31. The molecule has 0 bridgehead atoms. The van der Waals surface area contributed by atoms with Crippen molar-refractivity contribution in [1.82, 2.24) is 0 Å². The third-order valence-corrected chi connectivity index (χ3v) is 5.09. The average Bonchev–Trinajstić information content (AvgIpc) is 2.63. The van der Waals surface area contributed by atoms with E-state index in [-0.39, 0.29) is 22.7 Å². The van der Waals surface area contributed by atoms with Gasteiger partial charge in [-0.1, -0.05) is 24.8 Å². The molecule has 7 heteroatoms. The summed E-state index contributed by atoms with van der Waals surface area (Å²) in [6.07, 6.45) is 0. The first-order valence-corrected chi connectivity index (χ1v) is 9.79. The lowest BCUT2D eigenvalue weighted by Crippen LogP contribution is -2.13. The van der Waals surface area contributed by atoms with Crippen LogP contribution in [0.4, 0.5) is 10.1 Å². The van der Waals surface area contributed by atoms with Crippen LogP contribution in [0.1, 0.15) is 41.4 Å². The Morgan fingerprint density at radius 1 is 1.29 bits per heavy atom. The molecule has 3 rings (SSSR count). The van der Waals surface area contributed by atoms with Crippen molar-refractivity contribution < 1.29 is 18.7 Å². The Balaban J connectivity index is 2.10. The largest absolute Gasteiger partial charge is 0.478 e. The first-order chi connectivity index (χ1) is 13.3. The predicted molar refractivity (Wildman–Crippen MR) is 109 cm³/mol. The third-order valence-electron chi connectivity index (χ3n) is 4.32. The lowest BCUT2D eigenvalue weighted by Gasteiger charge is -2.19. The Kier molecular flexibility index (Phi) is 5.74. The van der Waals surface area contributed by atoms with E-state index in [1.165, 1.54) is 30.0 Å². The van der Waals surface area contributed by atoms with E-state index in [1.807, 2.05) is 26.8 Å². The van der Waals surface area contributed by atoms with Gasteiger partial charge in [0.05, 0.1) is 17.0 Å². The summed E-state index contributed by atoms with van der Waals surface area (Å²) in [6, 6.07) is 8.35. The van der Waals surface area contributed by atoms with Crippen LogP contribution < -0.4 is 10.7 Å². The minimum atomic E-state index is -1.23. The number of hydrogen-bond donors (Lipinski definition) is 2. The second-order valence-corrected chi connectivity index (χ2v) is 7.72. The molecular weight excluding hydrogens is 381 g/mol. The number of anilines is 1. The van der Waals surface area contributed by atoms with Gasteiger partial charge < -0.3 is 14.8 Å². The smallest absolute Gasteiger partial charge is 0.337 e. The molecule has 0 radical (unpaired) electrons. The van der Waals surface area contributed by atoms with Crippen LogP contribution in [-0.4, -0.2) is 16.8 Å². The number of carbonyl (C=O) groups is 1. The van der Waals surface area contributed by atoms with E-state index in [2.05, 4.69) is 5.32 Å². The van der Waals surface area contributed by atoms with Crippen LogP contribution in [0.2, 0.25) is 0 Å². The maximum atomic E-state index is 13.4. The number of thioether (sulfide) groups is 1. The van der Waals surface area contributed by atoms with E-state index in [4.69, 9.17) is 4.42 Å². The van der Waals surface area contributed by atoms with Crippen molar-refractivity contribution in [3.05, 3.63) is 69.1 Å². The number of fused-ring (bicyclic) bond motifs is 1. The van der Waals surface area contributed by atoms with Crippen molar-refractivity contribution in [2.24, 2.45) is 0 Å². The van der Waals surface area contributed by atoms with Gasteiger partial charge in [-0.2, -0.15) is 0 Å². The average molecular weight is 401 g/mol. The number of aromatic carboxylic acids is 1. The van der Waals surface area contributed by atoms with E-state index in [9.17, 15) is 19.1 Å². The molecule has 0 aliphatic heterocycles. The van der Waals surface area contributed by atoms with Gasteiger partial charge in [0.25, 0.3) is 0 Å². The number of halogens is 1. The number of aryl methyl sites for hydroxylation is 1. The SMILES string of the molecule is CCSc1cc(=O)c2cc(C)cc(C(C)Nc3ccc(F)cc3C(=O)O)c2o1. The summed E-state index contributed by atoms with van der Waals surface area (Å²) in [6.45, 7) is 5.68. The molecule has 2 aromatic carbocycles. The molecule has 0 aliphatic rings. The van der Waals surface area contributed by atoms with E-state index >= 15 is 0 Å². The zero-order chi connectivity index (χ0) is 20.4. The summed E-state index contributed by atoms with van der Waals surface area (Å²) < 4.78 is 19.4. The van der Waals surface area contributed by atoms with E-state index in [1.54, 1.807) is 6.07 Å². The van der Waals surface area contributed by atoms with E-state index in [0.29, 0.717) is 16.1 Å². The highest BCUT2D eigenvalue weighted by molar-refractivity contribution is 7.99. The molecule has 146 valence electrons. The minimum Gasteiger partial charge on any atom is -0.478 e. The summed E-state index contributed by atoms with van der Waals surface area (Å²) in [5.41, 5.74) is 2.09. The van der Waals surface area contributed by atoms with Gasteiger partial charge >= 0.3 is 5.97 Å². The van der Waals surface area contributed by atoms with Gasteiger partial charge in [0, 0.05) is 17.3 Å². The Hall–Kier alpha value is -2.80. The van der Waals surface area contributed by atoms with Gasteiger partial charge in [-0.15, -0.1) is 0 Å². The molecular formula is C21H20FNO4S. The van der Waals surface area contributed by atoms with Crippen LogP contribution in [0.15, 0.2) is 50.7 Å². The molecule has 5 nitrogen and oxygen atoms in total. The fourth-order valence-corrected chi connectivity index (χ4v) is 3.70. The van der Waals surface area contributed by atoms with Gasteiger partial charge in [0.15, 0.2) is 10.5 Å². The molecule has 1 aromatic heterocycles. The van der Waals surface area contributed by atoms with Gasteiger partial charge in [-0.25, -0.2) is 9.18 Å². The Morgan fingerprint density at radius 2 is 2.04 bits per heavy atom. The molecule has 0 amide bonds. The summed E-state index contributed by atoms with van der Waals surface area (Å²) in [7, 11) is 0. The van der Waals surface area contributed by atoms with Crippen molar-refractivity contribution in [3.8, 4) is 0 Å². The quantitative estimate of drug-likeness (QED) is 0.551. The number of nitrogens with one attached hydrogen (secondary N) is 1. The molecule has 1 heterocycles. The number of rotatable bonds is 6. The minimum absolute atomic E-state index is 0.123. The molecule has 0 fully saturated rings. The maximum Gasteiger partial charge on any atom is 0.337 e. The van der Waals surface area contributed by atoms with Crippen LogP contribution in [-0.2, 0) is 0 Å². The second kappa shape index (κ2) is 8.06. The molecule has 0 aliphatic carbocycles. The van der Waals surface area contributed by atoms with E-state index < -0.39 is 11.8 Å². The standard InChI is InChI=1S/C21H20FNO4S/c1-4-28-19-10-18(24)16-8-11(2)7-14(20(16)27-19)12(3)23-17-6-5-13(22)9-15(17)21(25)26/h5-10,12,23H,4H2,1-3H3,(H,25,26). The third kappa shape index (κ3) is 4.04. The highest BCUT2D eigenvalue weighted by atomic mass is 32.2. The van der Waals surface area contributed by atoms with Gasteiger partial charge in [-0.3, -0.25) is 4.79 Å². The number of carboxylic acids is 1. The number of hydrogen-bond acceptors (Lipinski definition) is 5. The first kappa shape index (κ1) is 19.9. The summed E-state index contributed by atoms with van der Waals surface area (Å²) in [4.78, 5) is 24.0. The van der Waals surface area contributed by atoms with Crippen LogP contribution in [0.5, 0.6) is 0 Å². The fourth-order valence-electron chi connectivity index (χ4n) is 3.08. The number of carboxylic acid groups (broad SMARTS) is 1. The Labute approximate surface area is 165 Å². The maximum absolute atomic E-state index is 13.4. The molecule has 3 aromatic rings. The van der Waals surface area contributed by atoms with Crippen molar-refractivity contribution >= 4 is 34.4 Å². The van der Waals surface area contributed by atoms with Crippen molar-refractivity contribution in [2.75, 3.05) is 11.1 Å². The zero-order valence-corrected chi connectivity index (χ0v) is 16.5. The molecule has 1 unspecified atom stereocenters. The summed E-state index contributed by atoms with van der Waals surface area (Å²) in [5.74, 6) is -1.08. The molecule has 0 spiro atoms. The molecule has 2 N–H and O–H groups in total. The normalized spacial score (nSPS) is 12.1. The zero-order valence-electron chi connectivity index (χ0n) is 15.7. The lowest BCUT2D eigenvalue weighted by atomic mass is 10.0. The fraction of sp³-hybridized carbons (Fsp3) is 0.238. The van der Waals surface area contributed by atoms with E-state index in [0.717, 1.165) is 22.9 Å². The topological polar surface area (TPSA) is 79.5 Å². The van der Waals surface area contributed by atoms with Gasteiger partial charge in [-0.05, 0) is 49.4 Å². The van der Waals surface area contributed by atoms with Crippen LogP contribution in [0.3, 0.4) is 0 Å². The van der Waals surface area contributed by atoms with Crippen LogP contribution in [0.25, 0.3) is 11.0 Å².